The van der Waals surface area contributed by atoms with Crippen molar-refractivity contribution in [1.29, 1.82) is 0 Å². The molecule has 7 nitrogen and oxygen atoms in total. The maximum atomic E-state index is 13.9. The van der Waals surface area contributed by atoms with E-state index in [4.69, 9.17) is 21.1 Å². The molecule has 0 bridgehead atoms. The number of benzene rings is 1. The van der Waals surface area contributed by atoms with Crippen molar-refractivity contribution in [3.05, 3.63) is 52.6 Å². The van der Waals surface area contributed by atoms with Crippen molar-refractivity contribution in [2.24, 2.45) is 0 Å². The molecule has 2 aromatic rings. The van der Waals surface area contributed by atoms with Crippen molar-refractivity contribution in [2.45, 2.75) is 37.1 Å². The number of rotatable bonds is 5. The molecule has 1 saturated heterocycles. The molecule has 1 fully saturated rings. The highest BCUT2D eigenvalue weighted by molar-refractivity contribution is 6.32. The Morgan fingerprint density at radius 2 is 2.00 bits per heavy atom. The Kier molecular flexibility index (Phi) is 6.85. The second-order valence-corrected chi connectivity index (χ2v) is 7.94. The molecule has 3 rings (SSSR count). The van der Waals surface area contributed by atoms with Gasteiger partial charge in [0.05, 0.1) is 7.11 Å². The minimum Gasteiger partial charge on any atom is -0.495 e. The third-order valence-electron chi connectivity index (χ3n) is 5.39. The summed E-state index contributed by atoms with van der Waals surface area (Å²) < 4.78 is 65.6. The zero-order valence-electron chi connectivity index (χ0n) is 17.7. The van der Waals surface area contributed by atoms with Gasteiger partial charge in [-0.25, -0.2) is 4.39 Å². The lowest BCUT2D eigenvalue weighted by molar-refractivity contribution is -0.261. The molecular formula is C21H20ClF4N3O4. The van der Waals surface area contributed by atoms with Crippen LogP contribution in [0.3, 0.4) is 0 Å². The van der Waals surface area contributed by atoms with Crippen LogP contribution in [0.5, 0.6) is 5.75 Å². The summed E-state index contributed by atoms with van der Waals surface area (Å²) in [5.74, 6) is -3.58. The maximum absolute atomic E-state index is 13.9. The summed E-state index contributed by atoms with van der Waals surface area (Å²) >= 11 is 5.95. The molecule has 12 heteroatoms. The first kappa shape index (κ1) is 24.7. The average molecular weight is 490 g/mol. The summed E-state index contributed by atoms with van der Waals surface area (Å²) in [5, 5.41) is 4.41. The van der Waals surface area contributed by atoms with Crippen LogP contribution in [0.4, 0.5) is 23.2 Å². The first-order chi connectivity index (χ1) is 15.4. The number of nitrogens with zero attached hydrogens (tertiary/aromatic N) is 1. The highest BCUT2D eigenvalue weighted by Crippen LogP contribution is 2.52. The lowest BCUT2D eigenvalue weighted by atomic mass is 9.86. The number of halogens is 5. The number of ether oxygens (including phenoxy) is 2. The number of amides is 2. The van der Waals surface area contributed by atoms with Gasteiger partial charge in [-0.1, -0.05) is 17.7 Å². The number of hydrogen-bond acceptors (Lipinski definition) is 5. The molecule has 2 heterocycles. The van der Waals surface area contributed by atoms with Gasteiger partial charge < -0.3 is 20.1 Å². The zero-order valence-corrected chi connectivity index (χ0v) is 18.5. The molecule has 1 aliphatic rings. The summed E-state index contributed by atoms with van der Waals surface area (Å²) in [4.78, 5) is 28.7. The van der Waals surface area contributed by atoms with Gasteiger partial charge in [0.2, 0.25) is 0 Å². The lowest BCUT2D eigenvalue weighted by Crippen LogP contribution is -2.43. The van der Waals surface area contributed by atoms with Gasteiger partial charge in [0.15, 0.2) is 5.60 Å². The number of anilines is 1. The van der Waals surface area contributed by atoms with Gasteiger partial charge in [0, 0.05) is 30.4 Å². The fraction of sp³-hybridized carbons (Fsp3) is 0.381. The van der Waals surface area contributed by atoms with Gasteiger partial charge in [0.25, 0.3) is 11.8 Å². The van der Waals surface area contributed by atoms with Gasteiger partial charge in [-0.05, 0) is 31.5 Å². The minimum absolute atomic E-state index is 0.00805. The van der Waals surface area contributed by atoms with E-state index in [9.17, 15) is 27.2 Å². The minimum atomic E-state index is -4.79. The summed E-state index contributed by atoms with van der Waals surface area (Å²) in [6, 6.07) is 4.83. The van der Waals surface area contributed by atoms with Crippen LogP contribution in [0.2, 0.25) is 5.02 Å². The number of aromatic nitrogens is 1. The first-order valence-electron chi connectivity index (χ1n) is 9.67. The molecule has 0 aliphatic carbocycles. The molecule has 33 heavy (non-hydrogen) atoms. The molecule has 0 radical (unpaired) electrons. The number of nitrogens with one attached hydrogen (secondary N) is 2. The van der Waals surface area contributed by atoms with Crippen LogP contribution in [0.25, 0.3) is 0 Å². The topological polar surface area (TPSA) is 89.6 Å². The van der Waals surface area contributed by atoms with E-state index in [1.165, 1.54) is 38.6 Å². The number of carbonyl (C=O) groups excluding carboxylic acids is 2. The van der Waals surface area contributed by atoms with E-state index in [1.807, 2.05) is 0 Å². The monoisotopic (exact) mass is 489 g/mol. The second-order valence-electron chi connectivity index (χ2n) is 7.56. The Bertz CT molecular complexity index is 1080. The molecule has 1 aromatic heterocycles. The Hall–Kier alpha value is -2.92. The smallest absolute Gasteiger partial charge is 0.417 e. The highest BCUT2D eigenvalue weighted by Gasteiger charge is 2.61. The Morgan fingerprint density at radius 1 is 1.30 bits per heavy atom. The van der Waals surface area contributed by atoms with Crippen molar-refractivity contribution in [1.82, 2.24) is 10.3 Å². The number of hydrogen-bond donors (Lipinski definition) is 2. The van der Waals surface area contributed by atoms with Crippen LogP contribution in [0.1, 0.15) is 35.3 Å². The summed E-state index contributed by atoms with van der Waals surface area (Å²) in [6.45, 7) is 0.834. The standard InChI is InChI=1S/C21H20ClF4N3O4/c1-20(21(24,25)26)9-12(11-4-5-13(23)15(22)16(11)32-3)17(33-20)19(31)29-10-6-7-28-14(8-10)18(30)27-2/h4-8,12,17H,9H2,1-3H3,(H,27,30)(H,28,29,31)/t12-,17+,20-/m1/s1. The molecule has 0 saturated carbocycles. The zero-order chi connectivity index (χ0) is 24.6. The SMILES string of the molecule is CNC(=O)c1cc(NC(=O)[C@H]2O[C@@](C)(C(F)(F)F)C[C@@H]2c2ccc(F)c(Cl)c2OC)ccn1. The van der Waals surface area contributed by atoms with E-state index >= 15 is 0 Å². The fourth-order valence-electron chi connectivity index (χ4n) is 3.65. The van der Waals surface area contributed by atoms with Crippen LogP contribution in [-0.4, -0.2) is 48.8 Å². The number of pyridine rings is 1. The largest absolute Gasteiger partial charge is 0.495 e. The molecule has 178 valence electrons. The Labute approximate surface area is 191 Å². The molecule has 2 N–H and O–H groups in total. The van der Waals surface area contributed by atoms with Gasteiger partial charge in [-0.2, -0.15) is 13.2 Å². The van der Waals surface area contributed by atoms with E-state index < -0.39 is 52.9 Å². The number of methoxy groups -OCH3 is 1. The maximum Gasteiger partial charge on any atom is 0.417 e. The first-order valence-corrected chi connectivity index (χ1v) is 10.0. The van der Waals surface area contributed by atoms with Crippen molar-refractivity contribution >= 4 is 29.1 Å². The summed E-state index contributed by atoms with van der Waals surface area (Å²) in [5.41, 5.74) is -2.44. The molecular weight excluding hydrogens is 470 g/mol. The average Bonchev–Trinajstić information content (AvgIpc) is 3.14. The lowest BCUT2D eigenvalue weighted by Gasteiger charge is -2.27. The quantitative estimate of drug-likeness (QED) is 0.618. The normalized spacial score (nSPS) is 22.7. The molecule has 1 aromatic carbocycles. The van der Waals surface area contributed by atoms with Crippen molar-refractivity contribution < 1.29 is 36.6 Å². The summed E-state index contributed by atoms with van der Waals surface area (Å²) in [7, 11) is 2.58. The van der Waals surface area contributed by atoms with Gasteiger partial charge in [-0.3, -0.25) is 14.6 Å². The van der Waals surface area contributed by atoms with Crippen LogP contribution in [0, 0.1) is 5.82 Å². The van der Waals surface area contributed by atoms with Crippen molar-refractivity contribution in [3.63, 3.8) is 0 Å². The fourth-order valence-corrected chi connectivity index (χ4v) is 3.90. The van der Waals surface area contributed by atoms with E-state index in [1.54, 1.807) is 0 Å². The Balaban J connectivity index is 2.00. The molecule has 3 atom stereocenters. The van der Waals surface area contributed by atoms with E-state index in [2.05, 4.69) is 15.6 Å². The van der Waals surface area contributed by atoms with Gasteiger partial charge in [-0.15, -0.1) is 0 Å². The van der Waals surface area contributed by atoms with Crippen LogP contribution < -0.4 is 15.4 Å². The van der Waals surface area contributed by atoms with Crippen LogP contribution >= 0.6 is 11.6 Å². The summed E-state index contributed by atoms with van der Waals surface area (Å²) in [6.07, 6.45) is -5.79. The van der Waals surface area contributed by atoms with E-state index in [-0.39, 0.29) is 22.7 Å². The number of carbonyl (C=O) groups is 2. The van der Waals surface area contributed by atoms with E-state index in [0.717, 1.165) is 13.0 Å². The third kappa shape index (κ3) is 4.74. The predicted octanol–water partition coefficient (Wildman–Crippen LogP) is 4.07. The molecule has 1 aliphatic heterocycles. The van der Waals surface area contributed by atoms with Crippen LogP contribution in [-0.2, 0) is 9.53 Å². The van der Waals surface area contributed by atoms with Gasteiger partial charge >= 0.3 is 6.18 Å². The highest BCUT2D eigenvalue weighted by atomic mass is 35.5. The second kappa shape index (κ2) is 9.14. The Morgan fingerprint density at radius 3 is 2.61 bits per heavy atom. The molecule has 0 unspecified atom stereocenters. The van der Waals surface area contributed by atoms with Gasteiger partial charge in [0.1, 0.15) is 28.4 Å². The van der Waals surface area contributed by atoms with Crippen molar-refractivity contribution in [3.8, 4) is 5.75 Å². The number of alkyl halides is 3. The van der Waals surface area contributed by atoms with E-state index in [0.29, 0.717) is 0 Å². The van der Waals surface area contributed by atoms with Crippen LogP contribution in [0.15, 0.2) is 30.5 Å². The van der Waals surface area contributed by atoms with Crippen molar-refractivity contribution in [2.75, 3.05) is 19.5 Å². The third-order valence-corrected chi connectivity index (χ3v) is 5.74. The molecule has 2 amide bonds. The predicted molar refractivity (Wildman–Crippen MR) is 111 cm³/mol. The molecule has 0 spiro atoms.